The number of rotatable bonds is 2. The molecule has 0 spiro atoms. The van der Waals surface area contributed by atoms with Gasteiger partial charge in [0, 0.05) is 0 Å². The van der Waals surface area contributed by atoms with Crippen LogP contribution in [0.5, 0.6) is 0 Å². The molecule has 0 amide bonds. The van der Waals surface area contributed by atoms with Crippen molar-refractivity contribution in [2.75, 3.05) is 0 Å². The summed E-state index contributed by atoms with van der Waals surface area (Å²) in [6, 6.07) is 0. The van der Waals surface area contributed by atoms with E-state index in [0.29, 0.717) is 6.42 Å². The molecule has 0 aromatic rings. The van der Waals surface area contributed by atoms with Crippen LogP contribution in [-0.4, -0.2) is 6.10 Å². The van der Waals surface area contributed by atoms with Crippen molar-refractivity contribution in [3.8, 4) is 0 Å². The monoisotopic (exact) mass is 85.1 g/mol. The molecule has 0 bridgehead atoms. The summed E-state index contributed by atoms with van der Waals surface area (Å²) in [5.74, 6) is 0. The fraction of sp³-hybridized carbons (Fsp3) is 0.600. The molecule has 0 aromatic heterocycles. The minimum absolute atomic E-state index is 0.470. The summed E-state index contributed by atoms with van der Waals surface area (Å²) >= 11 is 0. The summed E-state index contributed by atoms with van der Waals surface area (Å²) in [6.07, 6.45) is 1.75. The van der Waals surface area contributed by atoms with E-state index in [2.05, 4.69) is 6.58 Å². The molecule has 0 saturated carbocycles. The van der Waals surface area contributed by atoms with Gasteiger partial charge < -0.3 is 0 Å². The number of hydrogen-bond donors (Lipinski definition) is 0. The van der Waals surface area contributed by atoms with Crippen LogP contribution in [0.4, 0.5) is 0 Å². The Morgan fingerprint density at radius 2 is 2.50 bits per heavy atom. The fourth-order valence-corrected chi connectivity index (χ4v) is 0.235. The lowest BCUT2D eigenvalue weighted by Gasteiger charge is -1.88. The Hall–Kier alpha value is -0.300. The smallest absolute Gasteiger partial charge is 0.0936 e. The second-order valence-electron chi connectivity index (χ2n) is 1.33. The molecule has 0 unspecified atom stereocenters. The Morgan fingerprint density at radius 3 is 2.50 bits per heavy atom. The largest absolute Gasteiger partial charge is 0.233 e. The molecular formula is C5H9O. The van der Waals surface area contributed by atoms with Crippen LogP contribution >= 0.6 is 0 Å². The molecule has 0 aliphatic rings. The predicted molar refractivity (Wildman–Crippen MR) is 25.0 cm³/mol. The molecule has 1 radical (unpaired) electrons. The summed E-state index contributed by atoms with van der Waals surface area (Å²) < 4.78 is 0. The maximum atomic E-state index is 10.1. The molecule has 0 heterocycles. The lowest BCUT2D eigenvalue weighted by atomic mass is 10.3. The first-order valence-corrected chi connectivity index (χ1v) is 2.04. The van der Waals surface area contributed by atoms with E-state index >= 15 is 0 Å². The SMILES string of the molecule is C=CC[C@H](C)[O]. The Bertz CT molecular complexity index is 39.2. The van der Waals surface area contributed by atoms with Gasteiger partial charge in [-0.1, -0.05) is 6.08 Å². The topological polar surface area (TPSA) is 19.9 Å². The van der Waals surface area contributed by atoms with Gasteiger partial charge in [-0.25, -0.2) is 5.11 Å². The lowest BCUT2D eigenvalue weighted by molar-refractivity contribution is 0.108. The van der Waals surface area contributed by atoms with Crippen LogP contribution < -0.4 is 0 Å². The van der Waals surface area contributed by atoms with Crippen molar-refractivity contribution < 1.29 is 5.11 Å². The first kappa shape index (κ1) is 5.70. The van der Waals surface area contributed by atoms with Gasteiger partial charge in [0.05, 0.1) is 6.10 Å². The molecule has 0 aliphatic carbocycles. The van der Waals surface area contributed by atoms with Gasteiger partial charge >= 0.3 is 0 Å². The molecule has 0 aliphatic heterocycles. The highest BCUT2D eigenvalue weighted by Gasteiger charge is 1.87. The van der Waals surface area contributed by atoms with Crippen LogP contribution in [0.2, 0.25) is 0 Å². The minimum atomic E-state index is -0.470. The third-order valence-corrected chi connectivity index (χ3v) is 0.499. The van der Waals surface area contributed by atoms with Gasteiger partial charge in [-0.15, -0.1) is 6.58 Å². The van der Waals surface area contributed by atoms with Gasteiger partial charge in [-0.3, -0.25) is 0 Å². The Labute approximate surface area is 38.3 Å². The highest BCUT2D eigenvalue weighted by molar-refractivity contribution is 4.68. The highest BCUT2D eigenvalue weighted by Crippen LogP contribution is 1.87. The van der Waals surface area contributed by atoms with Gasteiger partial charge in [-0.2, -0.15) is 0 Å². The van der Waals surface area contributed by atoms with Crippen molar-refractivity contribution in [1.29, 1.82) is 0 Å². The van der Waals surface area contributed by atoms with E-state index in [4.69, 9.17) is 0 Å². The zero-order valence-corrected chi connectivity index (χ0v) is 3.98. The Morgan fingerprint density at radius 1 is 2.00 bits per heavy atom. The number of hydrogen-bond acceptors (Lipinski definition) is 0. The van der Waals surface area contributed by atoms with Crippen LogP contribution in [0.3, 0.4) is 0 Å². The van der Waals surface area contributed by atoms with Crippen LogP contribution in [-0.2, 0) is 5.11 Å². The Kier molecular flexibility index (Phi) is 2.77. The molecule has 0 rings (SSSR count). The maximum absolute atomic E-state index is 10.1. The van der Waals surface area contributed by atoms with Crippen molar-refractivity contribution in [3.05, 3.63) is 12.7 Å². The van der Waals surface area contributed by atoms with Gasteiger partial charge in [0.1, 0.15) is 0 Å². The van der Waals surface area contributed by atoms with Crippen LogP contribution in [0, 0.1) is 0 Å². The molecular weight excluding hydrogens is 76.1 g/mol. The second kappa shape index (κ2) is 2.91. The summed E-state index contributed by atoms with van der Waals surface area (Å²) in [6.45, 7) is 5.03. The molecule has 35 valence electrons. The quantitative estimate of drug-likeness (QED) is 0.451. The maximum Gasteiger partial charge on any atom is 0.0936 e. The van der Waals surface area contributed by atoms with E-state index in [9.17, 15) is 5.11 Å². The van der Waals surface area contributed by atoms with Crippen LogP contribution in [0.15, 0.2) is 12.7 Å². The van der Waals surface area contributed by atoms with E-state index in [1.807, 2.05) is 0 Å². The van der Waals surface area contributed by atoms with Gasteiger partial charge in [0.15, 0.2) is 0 Å². The fourth-order valence-electron chi connectivity index (χ4n) is 0.235. The van der Waals surface area contributed by atoms with Gasteiger partial charge in [0.25, 0.3) is 0 Å². The standard InChI is InChI=1S/C5H9O/c1-3-4-5(2)6/h3,5H,1,4H2,2H3/t5-/m0/s1. The van der Waals surface area contributed by atoms with Crippen LogP contribution in [0.25, 0.3) is 0 Å². The van der Waals surface area contributed by atoms with Gasteiger partial charge in [-0.05, 0) is 13.3 Å². The van der Waals surface area contributed by atoms with Crippen molar-refractivity contribution in [2.24, 2.45) is 0 Å². The Balaban J connectivity index is 2.81. The van der Waals surface area contributed by atoms with Crippen molar-refractivity contribution in [1.82, 2.24) is 0 Å². The van der Waals surface area contributed by atoms with Gasteiger partial charge in [0.2, 0.25) is 0 Å². The first-order valence-electron chi connectivity index (χ1n) is 2.04. The van der Waals surface area contributed by atoms with E-state index in [1.165, 1.54) is 0 Å². The second-order valence-corrected chi connectivity index (χ2v) is 1.33. The van der Waals surface area contributed by atoms with E-state index < -0.39 is 6.10 Å². The van der Waals surface area contributed by atoms with E-state index in [1.54, 1.807) is 13.0 Å². The third-order valence-electron chi connectivity index (χ3n) is 0.499. The summed E-state index contributed by atoms with van der Waals surface area (Å²) in [5.41, 5.74) is 0. The molecule has 0 aromatic carbocycles. The summed E-state index contributed by atoms with van der Waals surface area (Å²) in [5, 5.41) is 10.1. The zero-order valence-electron chi connectivity index (χ0n) is 3.98. The summed E-state index contributed by atoms with van der Waals surface area (Å²) in [7, 11) is 0. The molecule has 0 saturated heterocycles. The third kappa shape index (κ3) is 3.70. The van der Waals surface area contributed by atoms with Crippen LogP contribution in [0.1, 0.15) is 13.3 Å². The molecule has 1 nitrogen and oxygen atoms in total. The molecule has 1 heteroatoms. The van der Waals surface area contributed by atoms with E-state index in [-0.39, 0.29) is 0 Å². The highest BCUT2D eigenvalue weighted by atomic mass is 16.3. The summed E-state index contributed by atoms with van der Waals surface area (Å²) in [4.78, 5) is 0. The normalized spacial score (nSPS) is 13.7. The molecule has 0 fully saturated rings. The average molecular weight is 85.1 g/mol. The lowest BCUT2D eigenvalue weighted by Crippen LogP contribution is -1.91. The first-order chi connectivity index (χ1) is 2.77. The molecule has 6 heavy (non-hydrogen) atoms. The average Bonchev–Trinajstić information content (AvgIpc) is 1.35. The van der Waals surface area contributed by atoms with E-state index in [0.717, 1.165) is 0 Å². The zero-order chi connectivity index (χ0) is 4.99. The van der Waals surface area contributed by atoms with Crippen molar-refractivity contribution >= 4 is 0 Å². The minimum Gasteiger partial charge on any atom is -0.233 e. The molecule has 1 atom stereocenters. The van der Waals surface area contributed by atoms with Crippen molar-refractivity contribution in [3.63, 3.8) is 0 Å². The van der Waals surface area contributed by atoms with Crippen molar-refractivity contribution in [2.45, 2.75) is 19.4 Å². The predicted octanol–water partition coefficient (Wildman–Crippen LogP) is 1.38. The molecule has 0 N–H and O–H groups in total.